The fourth-order valence-corrected chi connectivity index (χ4v) is 4.60. The molecular formula is C15H27N3O2S. The molecule has 0 bridgehead atoms. The molecule has 1 aromatic rings. The van der Waals surface area contributed by atoms with Gasteiger partial charge in [-0.3, -0.25) is 0 Å². The van der Waals surface area contributed by atoms with Crippen molar-refractivity contribution in [2.45, 2.75) is 44.0 Å². The van der Waals surface area contributed by atoms with Crippen molar-refractivity contribution in [3.63, 3.8) is 0 Å². The molecule has 2 heterocycles. The van der Waals surface area contributed by atoms with Gasteiger partial charge in [-0.25, -0.2) is 8.42 Å². The van der Waals surface area contributed by atoms with Crippen molar-refractivity contribution in [3.05, 3.63) is 18.0 Å². The van der Waals surface area contributed by atoms with E-state index in [1.54, 1.807) is 16.6 Å². The summed E-state index contributed by atoms with van der Waals surface area (Å²) in [6.45, 7) is 4.16. The SMILES string of the molecule is CCC1CCCN(S(=O)(=O)c2cc(CNC)n(C)c2)CC1. The zero-order valence-electron chi connectivity index (χ0n) is 13.3. The van der Waals surface area contributed by atoms with Gasteiger partial charge < -0.3 is 9.88 Å². The van der Waals surface area contributed by atoms with Gasteiger partial charge in [0.25, 0.3) is 0 Å². The molecule has 1 unspecified atom stereocenters. The molecule has 0 saturated carbocycles. The zero-order valence-corrected chi connectivity index (χ0v) is 14.1. The number of nitrogens with zero attached hydrogens (tertiary/aromatic N) is 2. The minimum absolute atomic E-state index is 0.421. The molecule has 1 aliphatic rings. The molecule has 1 aliphatic heterocycles. The summed E-state index contributed by atoms with van der Waals surface area (Å²) in [4.78, 5) is 0.421. The maximum atomic E-state index is 12.8. The summed E-state index contributed by atoms with van der Waals surface area (Å²) in [6.07, 6.45) is 5.96. The van der Waals surface area contributed by atoms with Gasteiger partial charge in [0, 0.05) is 38.6 Å². The molecule has 6 heteroatoms. The first kappa shape index (κ1) is 16.5. The molecule has 1 aromatic heterocycles. The van der Waals surface area contributed by atoms with Gasteiger partial charge in [-0.05, 0) is 38.3 Å². The van der Waals surface area contributed by atoms with Gasteiger partial charge in [0.1, 0.15) is 4.90 Å². The Bertz CT molecular complexity index is 565. The summed E-state index contributed by atoms with van der Waals surface area (Å²) in [5, 5.41) is 3.06. The van der Waals surface area contributed by atoms with Crippen LogP contribution in [0.25, 0.3) is 0 Å². The molecule has 5 nitrogen and oxygen atoms in total. The molecule has 0 spiro atoms. The number of rotatable bonds is 5. The minimum atomic E-state index is -3.35. The summed E-state index contributed by atoms with van der Waals surface area (Å²) < 4.78 is 29.1. The predicted octanol–water partition coefficient (Wildman–Crippen LogP) is 1.95. The molecular weight excluding hydrogens is 286 g/mol. The van der Waals surface area contributed by atoms with Crippen LogP contribution < -0.4 is 5.32 Å². The third-order valence-corrected chi connectivity index (χ3v) is 6.33. The van der Waals surface area contributed by atoms with Crippen molar-refractivity contribution >= 4 is 10.0 Å². The van der Waals surface area contributed by atoms with E-state index in [-0.39, 0.29) is 0 Å². The van der Waals surface area contributed by atoms with Gasteiger partial charge in [-0.15, -0.1) is 0 Å². The summed E-state index contributed by atoms with van der Waals surface area (Å²) in [6, 6.07) is 1.79. The summed E-state index contributed by atoms with van der Waals surface area (Å²) in [7, 11) is 0.400. The van der Waals surface area contributed by atoms with Crippen molar-refractivity contribution in [1.82, 2.24) is 14.2 Å². The lowest BCUT2D eigenvalue weighted by Crippen LogP contribution is -2.31. The first-order valence-electron chi connectivity index (χ1n) is 7.79. The normalized spacial score (nSPS) is 21.4. The Morgan fingerprint density at radius 1 is 1.33 bits per heavy atom. The van der Waals surface area contributed by atoms with Crippen molar-refractivity contribution in [2.24, 2.45) is 13.0 Å². The average molecular weight is 313 g/mol. The summed E-state index contributed by atoms with van der Waals surface area (Å²) >= 11 is 0. The molecule has 120 valence electrons. The molecule has 0 radical (unpaired) electrons. The second-order valence-corrected chi connectivity index (χ2v) is 7.86. The highest BCUT2D eigenvalue weighted by Crippen LogP contribution is 2.25. The lowest BCUT2D eigenvalue weighted by atomic mass is 9.98. The van der Waals surface area contributed by atoms with E-state index in [2.05, 4.69) is 12.2 Å². The summed E-state index contributed by atoms with van der Waals surface area (Å²) in [5.41, 5.74) is 0.984. The Kier molecular flexibility index (Phi) is 5.46. The maximum Gasteiger partial charge on any atom is 0.244 e. The third-order valence-electron chi connectivity index (χ3n) is 4.46. The van der Waals surface area contributed by atoms with Gasteiger partial charge in [-0.1, -0.05) is 13.3 Å². The number of nitrogens with one attached hydrogen (secondary N) is 1. The topological polar surface area (TPSA) is 54.3 Å². The van der Waals surface area contributed by atoms with Crippen LogP contribution in [0.1, 0.15) is 38.3 Å². The first-order chi connectivity index (χ1) is 9.98. The van der Waals surface area contributed by atoms with Crippen molar-refractivity contribution in [1.29, 1.82) is 0 Å². The monoisotopic (exact) mass is 313 g/mol. The van der Waals surface area contributed by atoms with Crippen molar-refractivity contribution in [2.75, 3.05) is 20.1 Å². The Balaban J connectivity index is 2.19. The van der Waals surface area contributed by atoms with Gasteiger partial charge in [0.15, 0.2) is 0 Å². The van der Waals surface area contributed by atoms with E-state index in [1.165, 1.54) is 0 Å². The van der Waals surface area contributed by atoms with Crippen LogP contribution in [0.15, 0.2) is 17.2 Å². The van der Waals surface area contributed by atoms with E-state index in [9.17, 15) is 8.42 Å². The quantitative estimate of drug-likeness (QED) is 0.904. The van der Waals surface area contributed by atoms with E-state index in [0.717, 1.165) is 31.4 Å². The smallest absolute Gasteiger partial charge is 0.244 e. The highest BCUT2D eigenvalue weighted by molar-refractivity contribution is 7.89. The van der Waals surface area contributed by atoms with E-state index in [1.807, 2.05) is 18.7 Å². The highest BCUT2D eigenvalue weighted by atomic mass is 32.2. The molecule has 0 aromatic carbocycles. The molecule has 1 atom stereocenters. The molecule has 1 N–H and O–H groups in total. The van der Waals surface area contributed by atoms with E-state index >= 15 is 0 Å². The molecule has 0 amide bonds. The van der Waals surface area contributed by atoms with Crippen molar-refractivity contribution < 1.29 is 8.42 Å². The number of hydrogen-bond acceptors (Lipinski definition) is 3. The van der Waals surface area contributed by atoms with Crippen LogP contribution in [0.3, 0.4) is 0 Å². The second kappa shape index (κ2) is 6.94. The number of hydrogen-bond donors (Lipinski definition) is 1. The van der Waals surface area contributed by atoms with Crippen LogP contribution in [0.5, 0.6) is 0 Å². The van der Waals surface area contributed by atoms with Gasteiger partial charge in [-0.2, -0.15) is 4.31 Å². The standard InChI is InChI=1S/C15H27N3O2S/c1-4-13-6-5-8-18(9-7-13)21(19,20)15-10-14(11-16-2)17(3)12-15/h10,12-13,16H,4-9,11H2,1-3H3. The zero-order chi connectivity index (χ0) is 15.5. The molecule has 2 rings (SSSR count). The van der Waals surface area contributed by atoms with Crippen LogP contribution >= 0.6 is 0 Å². The van der Waals surface area contributed by atoms with Crippen LogP contribution in [0.4, 0.5) is 0 Å². The Morgan fingerprint density at radius 3 is 2.76 bits per heavy atom. The Hall–Kier alpha value is -0.850. The molecule has 0 aliphatic carbocycles. The Morgan fingerprint density at radius 2 is 2.10 bits per heavy atom. The average Bonchev–Trinajstić information content (AvgIpc) is 2.69. The molecule has 1 fully saturated rings. The number of sulfonamides is 1. The molecule has 1 saturated heterocycles. The van der Waals surface area contributed by atoms with Crippen LogP contribution in [-0.2, 0) is 23.6 Å². The van der Waals surface area contributed by atoms with Crippen molar-refractivity contribution in [3.8, 4) is 0 Å². The maximum absolute atomic E-state index is 12.8. The van der Waals surface area contributed by atoms with Crippen LogP contribution in [0, 0.1) is 5.92 Å². The fraction of sp³-hybridized carbons (Fsp3) is 0.733. The lowest BCUT2D eigenvalue weighted by molar-refractivity contribution is 0.407. The van der Waals surface area contributed by atoms with Gasteiger partial charge in [0.05, 0.1) is 0 Å². The van der Waals surface area contributed by atoms with E-state index in [0.29, 0.717) is 30.4 Å². The van der Waals surface area contributed by atoms with E-state index in [4.69, 9.17) is 0 Å². The minimum Gasteiger partial charge on any atom is -0.352 e. The largest absolute Gasteiger partial charge is 0.352 e. The van der Waals surface area contributed by atoms with Gasteiger partial charge in [0.2, 0.25) is 10.0 Å². The Labute approximate surface area is 128 Å². The molecule has 21 heavy (non-hydrogen) atoms. The predicted molar refractivity (Wildman–Crippen MR) is 84.6 cm³/mol. The van der Waals surface area contributed by atoms with Crippen LogP contribution in [-0.4, -0.2) is 37.4 Å². The van der Waals surface area contributed by atoms with Crippen LogP contribution in [0.2, 0.25) is 0 Å². The second-order valence-electron chi connectivity index (χ2n) is 5.92. The first-order valence-corrected chi connectivity index (χ1v) is 9.23. The summed E-state index contributed by atoms with van der Waals surface area (Å²) in [5.74, 6) is 0.667. The fourth-order valence-electron chi connectivity index (χ4n) is 3.01. The lowest BCUT2D eigenvalue weighted by Gasteiger charge is -2.19. The van der Waals surface area contributed by atoms with E-state index < -0.39 is 10.0 Å². The number of aromatic nitrogens is 1. The van der Waals surface area contributed by atoms with Gasteiger partial charge >= 0.3 is 0 Å². The number of aryl methyl sites for hydroxylation is 1. The highest BCUT2D eigenvalue weighted by Gasteiger charge is 2.28. The third kappa shape index (κ3) is 3.67.